The van der Waals surface area contributed by atoms with Gasteiger partial charge in [-0.05, 0) is 39.7 Å². The SMILES string of the molecule is COC(=O)CN(Cc1ccc(Cl)cc1)C(=O)Cn1cc(Br)ccc1=O. The van der Waals surface area contributed by atoms with E-state index in [4.69, 9.17) is 11.6 Å². The van der Waals surface area contributed by atoms with E-state index < -0.39 is 5.97 Å². The van der Waals surface area contributed by atoms with Crippen LogP contribution < -0.4 is 5.56 Å². The maximum absolute atomic E-state index is 12.6. The number of methoxy groups -OCH3 is 1. The highest BCUT2D eigenvalue weighted by Crippen LogP contribution is 2.12. The van der Waals surface area contributed by atoms with E-state index in [0.29, 0.717) is 9.50 Å². The zero-order chi connectivity index (χ0) is 18.4. The van der Waals surface area contributed by atoms with E-state index >= 15 is 0 Å². The summed E-state index contributed by atoms with van der Waals surface area (Å²) < 4.78 is 6.61. The minimum atomic E-state index is -0.538. The van der Waals surface area contributed by atoms with Crippen LogP contribution in [0.25, 0.3) is 0 Å². The molecule has 25 heavy (non-hydrogen) atoms. The normalized spacial score (nSPS) is 10.4. The van der Waals surface area contributed by atoms with Crippen molar-refractivity contribution in [3.05, 3.63) is 68.0 Å². The highest BCUT2D eigenvalue weighted by atomic mass is 79.9. The maximum atomic E-state index is 12.6. The Labute approximate surface area is 158 Å². The molecule has 1 amide bonds. The summed E-state index contributed by atoms with van der Waals surface area (Å²) in [5, 5.41) is 0.579. The van der Waals surface area contributed by atoms with Crippen LogP contribution in [0.5, 0.6) is 0 Å². The lowest BCUT2D eigenvalue weighted by molar-refractivity contribution is -0.147. The van der Waals surface area contributed by atoms with Crippen LogP contribution in [0.1, 0.15) is 5.56 Å². The Morgan fingerprint density at radius 3 is 2.52 bits per heavy atom. The van der Waals surface area contributed by atoms with Crippen molar-refractivity contribution in [3.63, 3.8) is 0 Å². The molecule has 0 atom stereocenters. The topological polar surface area (TPSA) is 68.6 Å². The molecule has 0 aliphatic heterocycles. The number of ether oxygens (including phenoxy) is 1. The monoisotopic (exact) mass is 426 g/mol. The van der Waals surface area contributed by atoms with Gasteiger partial charge in [0, 0.05) is 28.3 Å². The molecule has 132 valence electrons. The molecule has 0 spiro atoms. The lowest BCUT2D eigenvalue weighted by atomic mass is 10.2. The van der Waals surface area contributed by atoms with E-state index in [9.17, 15) is 14.4 Å². The van der Waals surface area contributed by atoms with Crippen molar-refractivity contribution in [2.45, 2.75) is 13.1 Å². The molecule has 0 aliphatic carbocycles. The molecule has 0 fully saturated rings. The third-order valence-corrected chi connectivity index (χ3v) is 4.16. The molecule has 0 bridgehead atoms. The second-order valence-corrected chi connectivity index (χ2v) is 6.62. The number of aromatic nitrogens is 1. The van der Waals surface area contributed by atoms with Gasteiger partial charge in [-0.25, -0.2) is 0 Å². The Bertz CT molecular complexity index is 820. The standard InChI is InChI=1S/C17H16BrClN2O4/c1-25-17(24)11-20(8-12-2-5-14(19)6-3-12)16(23)10-21-9-13(18)4-7-15(21)22/h2-7,9H,8,10-11H2,1H3. The molecular weight excluding hydrogens is 412 g/mol. The quantitative estimate of drug-likeness (QED) is 0.664. The lowest BCUT2D eigenvalue weighted by Gasteiger charge is -2.22. The third kappa shape index (κ3) is 5.72. The molecule has 0 saturated carbocycles. The van der Waals surface area contributed by atoms with Gasteiger partial charge in [0.2, 0.25) is 5.91 Å². The number of carbonyl (C=O) groups excluding carboxylic acids is 2. The molecule has 8 heteroatoms. The van der Waals surface area contributed by atoms with E-state index in [1.54, 1.807) is 30.3 Å². The van der Waals surface area contributed by atoms with Crippen molar-refractivity contribution in [1.82, 2.24) is 9.47 Å². The van der Waals surface area contributed by atoms with Crippen LogP contribution in [-0.2, 0) is 27.4 Å². The molecule has 1 heterocycles. The van der Waals surface area contributed by atoms with Gasteiger partial charge >= 0.3 is 5.97 Å². The van der Waals surface area contributed by atoms with Crippen molar-refractivity contribution in [3.8, 4) is 0 Å². The number of benzene rings is 1. The Hall–Kier alpha value is -2.12. The number of carbonyl (C=O) groups is 2. The highest BCUT2D eigenvalue weighted by Gasteiger charge is 2.19. The van der Waals surface area contributed by atoms with Crippen LogP contribution in [0.15, 0.2) is 51.9 Å². The summed E-state index contributed by atoms with van der Waals surface area (Å²) in [5.74, 6) is -0.913. The Kier molecular flexibility index (Phi) is 6.78. The summed E-state index contributed by atoms with van der Waals surface area (Å²) in [4.78, 5) is 37.5. The second kappa shape index (κ2) is 8.82. The molecule has 2 aromatic rings. The smallest absolute Gasteiger partial charge is 0.325 e. The largest absolute Gasteiger partial charge is 0.468 e. The van der Waals surface area contributed by atoms with Crippen molar-refractivity contribution in [2.75, 3.05) is 13.7 Å². The van der Waals surface area contributed by atoms with Gasteiger partial charge in [-0.2, -0.15) is 0 Å². The molecule has 2 rings (SSSR count). The maximum Gasteiger partial charge on any atom is 0.325 e. The molecule has 0 saturated heterocycles. The van der Waals surface area contributed by atoms with Crippen LogP contribution in [-0.4, -0.2) is 35.0 Å². The Balaban J connectivity index is 2.19. The van der Waals surface area contributed by atoms with Gasteiger partial charge < -0.3 is 14.2 Å². The van der Waals surface area contributed by atoms with Crippen LogP contribution >= 0.6 is 27.5 Å². The van der Waals surface area contributed by atoms with Crippen molar-refractivity contribution >= 4 is 39.4 Å². The zero-order valence-corrected chi connectivity index (χ0v) is 15.8. The van der Waals surface area contributed by atoms with E-state index in [1.165, 1.54) is 28.8 Å². The number of amides is 1. The van der Waals surface area contributed by atoms with E-state index in [-0.39, 0.29) is 31.1 Å². The third-order valence-electron chi connectivity index (χ3n) is 3.44. The fourth-order valence-corrected chi connectivity index (χ4v) is 2.64. The number of hydrogen-bond acceptors (Lipinski definition) is 4. The number of halogens is 2. The van der Waals surface area contributed by atoms with Gasteiger partial charge in [0.15, 0.2) is 0 Å². The minimum absolute atomic E-state index is 0.178. The molecule has 0 unspecified atom stereocenters. The average molecular weight is 428 g/mol. The number of pyridine rings is 1. The summed E-state index contributed by atoms with van der Waals surface area (Å²) in [6, 6.07) is 9.91. The predicted octanol–water partition coefficient (Wildman–Crippen LogP) is 2.47. The summed E-state index contributed by atoms with van der Waals surface area (Å²) in [5.41, 5.74) is 0.504. The summed E-state index contributed by atoms with van der Waals surface area (Å²) >= 11 is 9.12. The fraction of sp³-hybridized carbons (Fsp3) is 0.235. The van der Waals surface area contributed by atoms with Gasteiger partial charge in [0.05, 0.1) is 7.11 Å². The average Bonchev–Trinajstić information content (AvgIpc) is 2.59. The summed E-state index contributed by atoms with van der Waals surface area (Å²) in [7, 11) is 1.26. The van der Waals surface area contributed by atoms with Crippen LogP contribution in [0.3, 0.4) is 0 Å². The van der Waals surface area contributed by atoms with Gasteiger partial charge in [0.1, 0.15) is 13.1 Å². The Morgan fingerprint density at radius 2 is 1.88 bits per heavy atom. The highest BCUT2D eigenvalue weighted by molar-refractivity contribution is 9.10. The number of nitrogens with zero attached hydrogens (tertiary/aromatic N) is 2. The molecule has 1 aromatic heterocycles. The molecule has 0 radical (unpaired) electrons. The number of esters is 1. The molecule has 6 nitrogen and oxygen atoms in total. The van der Waals surface area contributed by atoms with Gasteiger partial charge in [-0.3, -0.25) is 14.4 Å². The predicted molar refractivity (Wildman–Crippen MR) is 97.3 cm³/mol. The number of hydrogen-bond donors (Lipinski definition) is 0. The van der Waals surface area contributed by atoms with Crippen LogP contribution in [0.4, 0.5) is 0 Å². The first-order valence-corrected chi connectivity index (χ1v) is 8.51. The first kappa shape index (κ1) is 19.2. The van der Waals surface area contributed by atoms with Crippen molar-refractivity contribution in [2.24, 2.45) is 0 Å². The van der Waals surface area contributed by atoms with Gasteiger partial charge in [0.25, 0.3) is 5.56 Å². The molecule has 0 N–H and O–H groups in total. The van der Waals surface area contributed by atoms with Gasteiger partial charge in [-0.15, -0.1) is 0 Å². The van der Waals surface area contributed by atoms with E-state index in [2.05, 4.69) is 20.7 Å². The molecule has 0 aliphatic rings. The second-order valence-electron chi connectivity index (χ2n) is 5.27. The van der Waals surface area contributed by atoms with Crippen LogP contribution in [0.2, 0.25) is 5.02 Å². The van der Waals surface area contributed by atoms with Crippen LogP contribution in [0, 0.1) is 0 Å². The first-order valence-electron chi connectivity index (χ1n) is 7.34. The number of rotatable bonds is 6. The fourth-order valence-electron chi connectivity index (χ4n) is 2.13. The summed E-state index contributed by atoms with van der Waals surface area (Å²) in [6.45, 7) is -0.183. The van der Waals surface area contributed by atoms with Gasteiger partial charge in [-0.1, -0.05) is 23.7 Å². The Morgan fingerprint density at radius 1 is 1.20 bits per heavy atom. The molecular formula is C17H16BrClN2O4. The summed E-state index contributed by atoms with van der Waals surface area (Å²) in [6.07, 6.45) is 1.53. The van der Waals surface area contributed by atoms with E-state index in [1.807, 2.05) is 0 Å². The minimum Gasteiger partial charge on any atom is -0.468 e. The first-order chi connectivity index (χ1) is 11.9. The molecule has 1 aromatic carbocycles. The zero-order valence-electron chi connectivity index (χ0n) is 13.4. The van der Waals surface area contributed by atoms with E-state index in [0.717, 1.165) is 5.56 Å². The van der Waals surface area contributed by atoms with Crippen molar-refractivity contribution < 1.29 is 14.3 Å². The van der Waals surface area contributed by atoms with Crippen molar-refractivity contribution in [1.29, 1.82) is 0 Å². The lowest BCUT2D eigenvalue weighted by Crippen LogP contribution is -2.39.